The molecule has 6 nitrogen and oxygen atoms in total. The number of nitrogen functional groups attached to an aromatic ring is 2. The van der Waals surface area contributed by atoms with Crippen molar-refractivity contribution in [1.29, 1.82) is 0 Å². The second-order valence-electron chi connectivity index (χ2n) is 1.92. The maximum Gasteiger partial charge on any atom is 0.192 e. The Morgan fingerprint density at radius 2 is 1.83 bits per heavy atom. The van der Waals surface area contributed by atoms with E-state index < -0.39 is 0 Å². The highest BCUT2D eigenvalue weighted by atomic mass is 32.2. The summed E-state index contributed by atoms with van der Waals surface area (Å²) in [6, 6.07) is 0. The van der Waals surface area contributed by atoms with E-state index in [2.05, 4.69) is 15.1 Å². The Morgan fingerprint density at radius 3 is 2.17 bits per heavy atom. The average Bonchev–Trinajstić information content (AvgIpc) is 2.03. The van der Waals surface area contributed by atoms with Gasteiger partial charge in [-0.1, -0.05) is 11.8 Å². The lowest BCUT2D eigenvalue weighted by atomic mass is 10.4. The van der Waals surface area contributed by atoms with Gasteiger partial charge in [-0.25, -0.2) is 9.97 Å². The van der Waals surface area contributed by atoms with Crippen LogP contribution in [-0.2, 0) is 0 Å². The highest BCUT2D eigenvalue weighted by Crippen LogP contribution is 2.27. The summed E-state index contributed by atoms with van der Waals surface area (Å²) in [7, 11) is 0. The maximum absolute atomic E-state index is 10.2. The number of nitroso groups, excluding NO2 is 1. The van der Waals surface area contributed by atoms with Crippen LogP contribution in [0.4, 0.5) is 17.3 Å². The van der Waals surface area contributed by atoms with Gasteiger partial charge in [0.2, 0.25) is 0 Å². The molecule has 0 fully saturated rings. The predicted molar refractivity (Wildman–Crippen MR) is 48.1 cm³/mol. The van der Waals surface area contributed by atoms with Gasteiger partial charge in [-0.2, -0.15) is 0 Å². The minimum Gasteiger partial charge on any atom is -0.382 e. The first-order chi connectivity index (χ1) is 5.69. The van der Waals surface area contributed by atoms with Crippen LogP contribution in [-0.4, -0.2) is 16.2 Å². The molecule has 0 saturated heterocycles. The van der Waals surface area contributed by atoms with E-state index in [1.165, 1.54) is 11.8 Å². The zero-order chi connectivity index (χ0) is 9.14. The molecule has 0 saturated carbocycles. The van der Waals surface area contributed by atoms with E-state index in [0.29, 0.717) is 5.16 Å². The Bertz CT molecular complexity index is 292. The third-order valence-corrected chi connectivity index (χ3v) is 1.74. The summed E-state index contributed by atoms with van der Waals surface area (Å²) in [6.45, 7) is 0. The number of thioether (sulfide) groups is 1. The highest BCUT2D eigenvalue weighted by molar-refractivity contribution is 7.98. The number of aromatic nitrogens is 2. The van der Waals surface area contributed by atoms with E-state index in [0.717, 1.165) is 0 Å². The first kappa shape index (κ1) is 8.72. The molecule has 0 amide bonds. The number of anilines is 2. The van der Waals surface area contributed by atoms with Gasteiger partial charge < -0.3 is 11.5 Å². The number of nitrogens with two attached hydrogens (primary N) is 2. The predicted octanol–water partition coefficient (Wildman–Crippen LogP) is 0.761. The van der Waals surface area contributed by atoms with Gasteiger partial charge >= 0.3 is 0 Å². The molecular formula is C5H7N5OS. The number of rotatable bonds is 2. The molecule has 0 aliphatic carbocycles. The molecule has 1 heterocycles. The van der Waals surface area contributed by atoms with Crippen molar-refractivity contribution in [1.82, 2.24) is 9.97 Å². The standard InChI is InChI=1S/C5H7N5OS/c1-12-5-8-3(6)2(10-11)4(7)9-5/h1H3,(H4,6,7,8,9). The second kappa shape index (κ2) is 3.35. The van der Waals surface area contributed by atoms with Crippen LogP contribution in [0.15, 0.2) is 10.3 Å². The quantitative estimate of drug-likeness (QED) is 0.400. The van der Waals surface area contributed by atoms with Gasteiger partial charge in [0.05, 0.1) is 0 Å². The van der Waals surface area contributed by atoms with Gasteiger partial charge in [0.1, 0.15) is 0 Å². The second-order valence-corrected chi connectivity index (χ2v) is 2.69. The summed E-state index contributed by atoms with van der Waals surface area (Å²) < 4.78 is 0. The lowest BCUT2D eigenvalue weighted by Crippen LogP contribution is -2.00. The highest BCUT2D eigenvalue weighted by Gasteiger charge is 2.09. The van der Waals surface area contributed by atoms with Gasteiger partial charge in [0.25, 0.3) is 0 Å². The molecule has 0 atom stereocenters. The van der Waals surface area contributed by atoms with Crippen LogP contribution in [0, 0.1) is 4.91 Å². The fourth-order valence-corrected chi connectivity index (χ4v) is 1.03. The first-order valence-electron chi connectivity index (χ1n) is 2.99. The van der Waals surface area contributed by atoms with Crippen molar-refractivity contribution in [3.8, 4) is 0 Å². The van der Waals surface area contributed by atoms with Crippen molar-refractivity contribution in [3.63, 3.8) is 0 Å². The fourth-order valence-electron chi connectivity index (χ4n) is 0.653. The molecule has 0 aromatic carbocycles. The van der Waals surface area contributed by atoms with Crippen LogP contribution in [0.25, 0.3) is 0 Å². The van der Waals surface area contributed by atoms with Crippen molar-refractivity contribution < 1.29 is 0 Å². The van der Waals surface area contributed by atoms with E-state index in [4.69, 9.17) is 11.5 Å². The molecule has 0 aliphatic rings. The molecule has 64 valence electrons. The van der Waals surface area contributed by atoms with Gasteiger partial charge in [0.15, 0.2) is 22.5 Å². The lowest BCUT2D eigenvalue weighted by molar-refractivity contribution is 0.986. The molecule has 0 aliphatic heterocycles. The number of hydrogen-bond donors (Lipinski definition) is 2. The monoisotopic (exact) mass is 185 g/mol. The number of hydrogen-bond acceptors (Lipinski definition) is 7. The van der Waals surface area contributed by atoms with E-state index in [1.54, 1.807) is 6.26 Å². The van der Waals surface area contributed by atoms with E-state index >= 15 is 0 Å². The Kier molecular flexibility index (Phi) is 2.44. The minimum atomic E-state index is -0.0900. The van der Waals surface area contributed by atoms with Crippen LogP contribution in [0.2, 0.25) is 0 Å². The molecule has 1 rings (SSSR count). The Labute approximate surface area is 72.7 Å². The third kappa shape index (κ3) is 1.45. The summed E-state index contributed by atoms with van der Waals surface area (Å²) in [6.07, 6.45) is 1.78. The summed E-state index contributed by atoms with van der Waals surface area (Å²) >= 11 is 1.29. The molecule has 4 N–H and O–H groups in total. The van der Waals surface area contributed by atoms with Crippen LogP contribution in [0.3, 0.4) is 0 Å². The molecule has 1 aromatic rings. The fraction of sp³-hybridized carbons (Fsp3) is 0.200. The van der Waals surface area contributed by atoms with Crippen molar-refractivity contribution >= 4 is 29.1 Å². The Morgan fingerprint density at radius 1 is 1.33 bits per heavy atom. The molecular weight excluding hydrogens is 178 g/mol. The Balaban J connectivity index is 3.27. The van der Waals surface area contributed by atoms with Gasteiger partial charge in [-0.3, -0.25) is 0 Å². The Hall–Kier alpha value is -1.37. The van der Waals surface area contributed by atoms with E-state index in [9.17, 15) is 4.91 Å². The number of nitrogens with zero attached hydrogens (tertiary/aromatic N) is 3. The summed E-state index contributed by atoms with van der Waals surface area (Å²) in [5.41, 5.74) is 10.7. The van der Waals surface area contributed by atoms with Gasteiger partial charge in [0, 0.05) is 0 Å². The normalized spacial score (nSPS) is 9.75. The molecule has 0 unspecified atom stereocenters. The summed E-state index contributed by atoms with van der Waals surface area (Å²) in [5, 5.41) is 3.04. The topological polar surface area (TPSA) is 107 Å². The SMILES string of the molecule is CSc1nc(N)c(N=O)c(N)n1. The minimum absolute atomic E-state index is 0.0156. The first-order valence-corrected chi connectivity index (χ1v) is 4.22. The summed E-state index contributed by atoms with van der Waals surface area (Å²) in [5.74, 6) is 0.0312. The van der Waals surface area contributed by atoms with Crippen molar-refractivity contribution in [3.05, 3.63) is 4.91 Å². The molecule has 7 heteroatoms. The van der Waals surface area contributed by atoms with Crippen molar-refractivity contribution in [2.45, 2.75) is 5.16 Å². The lowest BCUT2D eigenvalue weighted by Gasteiger charge is -2.01. The average molecular weight is 185 g/mol. The third-order valence-electron chi connectivity index (χ3n) is 1.19. The molecule has 0 spiro atoms. The molecule has 1 aromatic heterocycles. The smallest absolute Gasteiger partial charge is 0.192 e. The van der Waals surface area contributed by atoms with E-state index in [1.807, 2.05) is 0 Å². The van der Waals surface area contributed by atoms with E-state index in [-0.39, 0.29) is 17.3 Å². The molecule has 0 bridgehead atoms. The maximum atomic E-state index is 10.2. The van der Waals surface area contributed by atoms with Gasteiger partial charge in [-0.15, -0.1) is 4.91 Å². The zero-order valence-electron chi connectivity index (χ0n) is 6.31. The van der Waals surface area contributed by atoms with Crippen LogP contribution >= 0.6 is 11.8 Å². The van der Waals surface area contributed by atoms with Gasteiger partial charge in [-0.05, 0) is 11.4 Å². The van der Waals surface area contributed by atoms with Crippen LogP contribution < -0.4 is 11.5 Å². The van der Waals surface area contributed by atoms with Crippen LogP contribution in [0.5, 0.6) is 0 Å². The molecule has 12 heavy (non-hydrogen) atoms. The van der Waals surface area contributed by atoms with Crippen molar-refractivity contribution in [2.24, 2.45) is 5.18 Å². The van der Waals surface area contributed by atoms with Crippen molar-refractivity contribution in [2.75, 3.05) is 17.7 Å². The largest absolute Gasteiger partial charge is 0.382 e. The summed E-state index contributed by atoms with van der Waals surface area (Å²) in [4.78, 5) is 17.7. The molecule has 0 radical (unpaired) electrons. The van der Waals surface area contributed by atoms with Crippen LogP contribution in [0.1, 0.15) is 0 Å². The zero-order valence-corrected chi connectivity index (χ0v) is 7.13.